The van der Waals surface area contributed by atoms with E-state index in [2.05, 4.69) is 24.1 Å². The lowest BCUT2D eigenvalue weighted by atomic mass is 10.0. The molecule has 1 amide bonds. The Kier molecular flexibility index (Phi) is 5.81. The summed E-state index contributed by atoms with van der Waals surface area (Å²) in [6, 6.07) is 0.470. The van der Waals surface area contributed by atoms with Crippen LogP contribution in [-0.4, -0.2) is 36.5 Å². The van der Waals surface area contributed by atoms with Gasteiger partial charge in [0.2, 0.25) is 5.91 Å². The Bertz CT molecular complexity index is 218. The molecule has 3 nitrogen and oxygen atoms in total. The Morgan fingerprint density at radius 1 is 1.50 bits per heavy atom. The molecule has 0 radical (unpaired) electrons. The minimum absolute atomic E-state index is 0.0578. The fraction of sp³-hybridized carbons (Fsp3) is 0.923. The van der Waals surface area contributed by atoms with Crippen LogP contribution in [0.15, 0.2) is 0 Å². The van der Waals surface area contributed by atoms with E-state index in [9.17, 15) is 4.79 Å². The summed E-state index contributed by atoms with van der Waals surface area (Å²) in [6.07, 6.45) is 7.05. The van der Waals surface area contributed by atoms with Gasteiger partial charge in [0, 0.05) is 12.6 Å². The van der Waals surface area contributed by atoms with Crippen LogP contribution >= 0.6 is 0 Å². The van der Waals surface area contributed by atoms with Crippen LogP contribution in [0.2, 0.25) is 0 Å². The Labute approximate surface area is 99.6 Å². The lowest BCUT2D eigenvalue weighted by Gasteiger charge is -2.36. The van der Waals surface area contributed by atoms with Crippen LogP contribution in [0.25, 0.3) is 0 Å². The Morgan fingerprint density at radius 3 is 2.88 bits per heavy atom. The highest BCUT2D eigenvalue weighted by Crippen LogP contribution is 2.17. The molecule has 1 aliphatic heterocycles. The lowest BCUT2D eigenvalue weighted by Crippen LogP contribution is -2.52. The van der Waals surface area contributed by atoms with E-state index in [1.54, 1.807) is 0 Å². The molecular weight excluding hydrogens is 200 g/mol. The number of hydrogen-bond donors (Lipinski definition) is 1. The zero-order chi connectivity index (χ0) is 12.0. The van der Waals surface area contributed by atoms with Gasteiger partial charge in [-0.3, -0.25) is 4.79 Å². The molecule has 0 aliphatic carbocycles. The fourth-order valence-corrected chi connectivity index (χ4v) is 2.45. The average molecular weight is 226 g/mol. The van der Waals surface area contributed by atoms with Crippen LogP contribution in [0.1, 0.15) is 52.4 Å². The van der Waals surface area contributed by atoms with E-state index in [4.69, 9.17) is 0 Å². The van der Waals surface area contributed by atoms with Gasteiger partial charge in [0.25, 0.3) is 0 Å². The molecule has 1 N–H and O–H groups in total. The van der Waals surface area contributed by atoms with Crippen LogP contribution in [0, 0.1) is 0 Å². The molecule has 0 saturated carbocycles. The normalized spacial score (nSPS) is 23.6. The van der Waals surface area contributed by atoms with E-state index in [1.165, 1.54) is 19.3 Å². The van der Waals surface area contributed by atoms with E-state index in [-0.39, 0.29) is 6.04 Å². The second-order valence-electron chi connectivity index (χ2n) is 4.86. The van der Waals surface area contributed by atoms with Crippen molar-refractivity contribution in [3.05, 3.63) is 0 Å². The first-order valence-electron chi connectivity index (χ1n) is 6.68. The molecule has 3 heteroatoms. The number of carbonyl (C=O) groups is 1. The second-order valence-corrected chi connectivity index (χ2v) is 4.86. The van der Waals surface area contributed by atoms with Gasteiger partial charge >= 0.3 is 0 Å². The molecule has 0 aromatic rings. The highest BCUT2D eigenvalue weighted by molar-refractivity contribution is 5.82. The summed E-state index contributed by atoms with van der Waals surface area (Å²) in [7, 11) is 1.88. The van der Waals surface area contributed by atoms with Crippen molar-refractivity contribution in [3.63, 3.8) is 0 Å². The molecule has 0 spiro atoms. The van der Waals surface area contributed by atoms with Gasteiger partial charge in [-0.15, -0.1) is 0 Å². The molecule has 2 unspecified atom stereocenters. The molecule has 16 heavy (non-hydrogen) atoms. The number of unbranched alkanes of at least 4 members (excludes halogenated alkanes) is 2. The predicted octanol–water partition coefficient (Wildman–Crippen LogP) is 2.17. The van der Waals surface area contributed by atoms with Gasteiger partial charge in [0.1, 0.15) is 0 Å². The molecule has 1 fully saturated rings. The Morgan fingerprint density at radius 2 is 2.25 bits per heavy atom. The first-order valence-corrected chi connectivity index (χ1v) is 6.68. The van der Waals surface area contributed by atoms with Gasteiger partial charge in [0.15, 0.2) is 0 Å². The number of likely N-dealkylation sites (N-methyl/N-ethyl adjacent to an activating group) is 1. The number of nitrogens with zero attached hydrogens (tertiary/aromatic N) is 1. The average Bonchev–Trinajstić information content (AvgIpc) is 2.29. The monoisotopic (exact) mass is 226 g/mol. The summed E-state index contributed by atoms with van der Waals surface area (Å²) < 4.78 is 0. The lowest BCUT2D eigenvalue weighted by molar-refractivity contribution is -0.138. The second kappa shape index (κ2) is 6.89. The standard InChI is InChI=1S/C13H26N2O/c1-4-5-6-8-11(2)15-10-7-9-12(14-3)13(15)16/h11-12,14H,4-10H2,1-3H3. The summed E-state index contributed by atoms with van der Waals surface area (Å²) in [5.74, 6) is 0.303. The quantitative estimate of drug-likeness (QED) is 0.704. The molecule has 0 bridgehead atoms. The first kappa shape index (κ1) is 13.5. The van der Waals surface area contributed by atoms with Crippen LogP contribution in [0.3, 0.4) is 0 Å². The molecule has 0 aromatic carbocycles. The summed E-state index contributed by atoms with van der Waals surface area (Å²) in [5.41, 5.74) is 0. The van der Waals surface area contributed by atoms with Crippen molar-refractivity contribution < 1.29 is 4.79 Å². The largest absolute Gasteiger partial charge is 0.339 e. The molecule has 1 saturated heterocycles. The van der Waals surface area contributed by atoms with Crippen molar-refractivity contribution in [1.29, 1.82) is 0 Å². The number of hydrogen-bond acceptors (Lipinski definition) is 2. The number of rotatable bonds is 6. The number of piperidine rings is 1. The summed E-state index contributed by atoms with van der Waals surface area (Å²) in [6.45, 7) is 5.35. The van der Waals surface area contributed by atoms with E-state index in [0.29, 0.717) is 11.9 Å². The Hall–Kier alpha value is -0.570. The van der Waals surface area contributed by atoms with Crippen LogP contribution in [0.5, 0.6) is 0 Å². The highest BCUT2D eigenvalue weighted by atomic mass is 16.2. The third-order valence-electron chi connectivity index (χ3n) is 3.58. The van der Waals surface area contributed by atoms with Crippen molar-refractivity contribution in [1.82, 2.24) is 10.2 Å². The van der Waals surface area contributed by atoms with Crippen molar-refractivity contribution >= 4 is 5.91 Å². The highest BCUT2D eigenvalue weighted by Gasteiger charge is 2.29. The van der Waals surface area contributed by atoms with E-state index in [1.807, 2.05) is 7.05 Å². The predicted molar refractivity (Wildman–Crippen MR) is 67.4 cm³/mol. The summed E-state index contributed by atoms with van der Waals surface area (Å²) in [4.78, 5) is 14.2. The van der Waals surface area contributed by atoms with E-state index < -0.39 is 0 Å². The molecule has 0 aromatic heterocycles. The van der Waals surface area contributed by atoms with Crippen LogP contribution in [-0.2, 0) is 4.79 Å². The molecule has 94 valence electrons. The molecule has 1 heterocycles. The molecular formula is C13H26N2O. The maximum atomic E-state index is 12.1. The number of likely N-dealkylation sites (tertiary alicyclic amines) is 1. The molecule has 1 aliphatic rings. The van der Waals surface area contributed by atoms with Crippen LogP contribution < -0.4 is 5.32 Å². The van der Waals surface area contributed by atoms with Gasteiger partial charge in [-0.2, -0.15) is 0 Å². The van der Waals surface area contributed by atoms with Crippen molar-refractivity contribution in [2.75, 3.05) is 13.6 Å². The smallest absolute Gasteiger partial charge is 0.239 e. The van der Waals surface area contributed by atoms with Gasteiger partial charge in [-0.25, -0.2) is 0 Å². The topological polar surface area (TPSA) is 32.3 Å². The Balaban J connectivity index is 2.41. The maximum Gasteiger partial charge on any atom is 0.239 e. The number of nitrogens with one attached hydrogen (secondary N) is 1. The molecule has 1 rings (SSSR count). The fourth-order valence-electron chi connectivity index (χ4n) is 2.45. The van der Waals surface area contributed by atoms with Gasteiger partial charge in [-0.05, 0) is 33.2 Å². The van der Waals surface area contributed by atoms with E-state index in [0.717, 1.165) is 25.8 Å². The number of amides is 1. The molecule has 2 atom stereocenters. The summed E-state index contributed by atoms with van der Waals surface area (Å²) >= 11 is 0. The van der Waals surface area contributed by atoms with Crippen molar-refractivity contribution in [3.8, 4) is 0 Å². The minimum atomic E-state index is 0.0578. The van der Waals surface area contributed by atoms with Crippen molar-refractivity contribution in [2.45, 2.75) is 64.5 Å². The summed E-state index contributed by atoms with van der Waals surface area (Å²) in [5, 5.41) is 3.11. The maximum absolute atomic E-state index is 12.1. The third-order valence-corrected chi connectivity index (χ3v) is 3.58. The number of carbonyl (C=O) groups excluding carboxylic acids is 1. The van der Waals surface area contributed by atoms with Gasteiger partial charge in [0.05, 0.1) is 6.04 Å². The minimum Gasteiger partial charge on any atom is -0.339 e. The van der Waals surface area contributed by atoms with E-state index >= 15 is 0 Å². The van der Waals surface area contributed by atoms with Crippen LogP contribution in [0.4, 0.5) is 0 Å². The van der Waals surface area contributed by atoms with Gasteiger partial charge < -0.3 is 10.2 Å². The zero-order valence-electron chi connectivity index (χ0n) is 11.0. The van der Waals surface area contributed by atoms with Crippen molar-refractivity contribution in [2.24, 2.45) is 0 Å². The zero-order valence-corrected chi connectivity index (χ0v) is 11.0. The van der Waals surface area contributed by atoms with Gasteiger partial charge in [-0.1, -0.05) is 26.2 Å². The SMILES string of the molecule is CCCCCC(C)N1CCCC(NC)C1=O. The first-order chi connectivity index (χ1) is 7.70. The third kappa shape index (κ3) is 3.48.